The van der Waals surface area contributed by atoms with Gasteiger partial charge in [-0.25, -0.2) is 4.79 Å². The van der Waals surface area contributed by atoms with E-state index in [0.717, 1.165) is 86.5 Å². The van der Waals surface area contributed by atoms with E-state index in [-0.39, 0.29) is 12.0 Å². The van der Waals surface area contributed by atoms with Gasteiger partial charge in [0.1, 0.15) is 5.69 Å². The summed E-state index contributed by atoms with van der Waals surface area (Å²) >= 11 is 1.73. The number of allylic oxidation sites excluding steroid dienone is 1. The van der Waals surface area contributed by atoms with Gasteiger partial charge in [-0.05, 0) is 93.4 Å². The molecule has 2 aliphatic carbocycles. The molecule has 0 spiro atoms. The first-order chi connectivity index (χ1) is 25.7. The molecule has 0 amide bonds. The molecule has 13 heteroatoms. The van der Waals surface area contributed by atoms with Gasteiger partial charge in [0.05, 0.1) is 35.4 Å². The predicted octanol–water partition coefficient (Wildman–Crippen LogP) is 8.04. The summed E-state index contributed by atoms with van der Waals surface area (Å²) in [5.74, 6) is 2.18. The van der Waals surface area contributed by atoms with E-state index in [4.69, 9.17) is 24.5 Å². The van der Waals surface area contributed by atoms with Gasteiger partial charge < -0.3 is 29.6 Å². The Morgan fingerprint density at radius 2 is 1.72 bits per heavy atom. The van der Waals surface area contributed by atoms with Crippen LogP contribution in [-0.4, -0.2) is 66.5 Å². The number of ether oxygens (including phenoxy) is 2. The van der Waals surface area contributed by atoms with Crippen LogP contribution >= 0.6 is 11.3 Å². The number of nitrogens with zero attached hydrogens (tertiary/aromatic N) is 5. The van der Waals surface area contributed by atoms with E-state index in [1.165, 1.54) is 60.4 Å². The Labute approximate surface area is 315 Å². The van der Waals surface area contributed by atoms with E-state index in [0.29, 0.717) is 18.0 Å². The highest BCUT2D eigenvalue weighted by atomic mass is 32.1. The molecule has 284 valence electrons. The molecule has 8 rings (SSSR count). The lowest BCUT2D eigenvalue weighted by atomic mass is 9.95. The van der Waals surface area contributed by atoms with Gasteiger partial charge in [0.2, 0.25) is 0 Å². The van der Waals surface area contributed by atoms with Crippen LogP contribution in [0.3, 0.4) is 0 Å². The summed E-state index contributed by atoms with van der Waals surface area (Å²) in [6.45, 7) is 6.87. The van der Waals surface area contributed by atoms with Crippen LogP contribution in [0.25, 0.3) is 22.2 Å². The maximum Gasteiger partial charge on any atom is 0.333 e. The number of aryl methyl sites for hydroxylation is 1. The fourth-order valence-corrected chi connectivity index (χ4v) is 8.75. The predicted molar refractivity (Wildman–Crippen MR) is 205 cm³/mol. The SMILES string of the molecule is CC(=O)O.CCC(C(=O)O)=C1C[C@@H](c2ccc(OC)c(OC3CCCC3)c2)CN1.CCc1nn(C2CCCC2)c2c1CCn1c(-c3cccs3)nnc1-2. The van der Waals surface area contributed by atoms with Gasteiger partial charge in [0.15, 0.2) is 23.1 Å². The summed E-state index contributed by atoms with van der Waals surface area (Å²) in [5.41, 5.74) is 6.40. The molecule has 1 aromatic carbocycles. The quantitative estimate of drug-likeness (QED) is 0.144. The van der Waals surface area contributed by atoms with Gasteiger partial charge in [-0.15, -0.1) is 21.5 Å². The summed E-state index contributed by atoms with van der Waals surface area (Å²) in [5, 5.41) is 36.2. The molecule has 2 aliphatic heterocycles. The third-order valence-electron chi connectivity index (χ3n) is 10.6. The van der Waals surface area contributed by atoms with Crippen molar-refractivity contribution in [2.45, 2.75) is 122 Å². The Hall–Kier alpha value is -4.65. The summed E-state index contributed by atoms with van der Waals surface area (Å²) in [6.07, 6.45) is 13.3. The molecule has 0 radical (unpaired) electrons. The van der Waals surface area contributed by atoms with Crippen molar-refractivity contribution in [1.29, 1.82) is 0 Å². The molecule has 0 unspecified atom stereocenters. The Morgan fingerprint density at radius 1 is 1.00 bits per heavy atom. The number of methoxy groups -OCH3 is 1. The van der Waals surface area contributed by atoms with Crippen LogP contribution < -0.4 is 14.8 Å². The summed E-state index contributed by atoms with van der Waals surface area (Å²) < 4.78 is 16.2. The van der Waals surface area contributed by atoms with Gasteiger partial charge in [0, 0.05) is 37.2 Å². The smallest absolute Gasteiger partial charge is 0.333 e. The number of nitrogens with one attached hydrogen (secondary N) is 1. The van der Waals surface area contributed by atoms with Gasteiger partial charge in [-0.1, -0.05) is 38.8 Å². The number of thiophene rings is 1. The minimum Gasteiger partial charge on any atom is -0.493 e. The molecule has 4 aliphatic rings. The molecule has 0 bridgehead atoms. The van der Waals surface area contributed by atoms with E-state index in [2.05, 4.69) is 61.3 Å². The van der Waals surface area contributed by atoms with Crippen molar-refractivity contribution >= 4 is 23.3 Å². The summed E-state index contributed by atoms with van der Waals surface area (Å²) in [7, 11) is 1.66. The van der Waals surface area contributed by atoms with Crippen LogP contribution in [0, 0.1) is 0 Å². The monoisotopic (exact) mass is 744 g/mol. The molecule has 1 atom stereocenters. The first kappa shape index (κ1) is 38.1. The van der Waals surface area contributed by atoms with Crippen molar-refractivity contribution in [3.63, 3.8) is 0 Å². The highest BCUT2D eigenvalue weighted by Gasteiger charge is 2.32. The van der Waals surface area contributed by atoms with Crippen molar-refractivity contribution in [2.24, 2.45) is 0 Å². The van der Waals surface area contributed by atoms with E-state index in [1.54, 1.807) is 18.4 Å². The second kappa shape index (κ2) is 17.5. The summed E-state index contributed by atoms with van der Waals surface area (Å²) in [6, 6.07) is 10.8. The number of benzene rings is 1. The molecule has 53 heavy (non-hydrogen) atoms. The minimum atomic E-state index is -0.833. The van der Waals surface area contributed by atoms with Crippen LogP contribution in [0.5, 0.6) is 11.5 Å². The zero-order valence-electron chi connectivity index (χ0n) is 31.3. The fraction of sp³-hybridized carbons (Fsp3) is 0.525. The molecule has 2 saturated carbocycles. The van der Waals surface area contributed by atoms with Crippen molar-refractivity contribution in [3.8, 4) is 33.7 Å². The van der Waals surface area contributed by atoms with Gasteiger partial charge >= 0.3 is 5.97 Å². The van der Waals surface area contributed by atoms with Gasteiger partial charge in [0.25, 0.3) is 5.97 Å². The minimum absolute atomic E-state index is 0.257. The zero-order valence-corrected chi connectivity index (χ0v) is 32.1. The Morgan fingerprint density at radius 3 is 2.36 bits per heavy atom. The topological polar surface area (TPSA) is 154 Å². The molecule has 4 aromatic rings. The van der Waals surface area contributed by atoms with Crippen LogP contribution in [-0.2, 0) is 29.0 Å². The van der Waals surface area contributed by atoms with E-state index < -0.39 is 11.9 Å². The molecular formula is C40H52N6O6S. The number of carbonyl (C=O) groups is 2. The Kier molecular flexibility index (Phi) is 12.5. The van der Waals surface area contributed by atoms with Crippen molar-refractivity contribution < 1.29 is 29.3 Å². The average Bonchev–Trinajstić information content (AvgIpc) is 3.99. The van der Waals surface area contributed by atoms with Crippen molar-refractivity contribution in [1.82, 2.24) is 29.9 Å². The number of aromatic nitrogens is 5. The average molecular weight is 745 g/mol. The molecule has 5 heterocycles. The lowest BCUT2D eigenvalue weighted by Gasteiger charge is -2.20. The first-order valence-electron chi connectivity index (χ1n) is 19.0. The van der Waals surface area contributed by atoms with Crippen molar-refractivity contribution in [2.75, 3.05) is 13.7 Å². The normalized spacial score (nSPS) is 18.9. The summed E-state index contributed by atoms with van der Waals surface area (Å²) in [4.78, 5) is 21.6. The second-order valence-corrected chi connectivity index (χ2v) is 15.0. The maximum absolute atomic E-state index is 11.4. The van der Waals surface area contributed by atoms with E-state index >= 15 is 0 Å². The fourth-order valence-electron chi connectivity index (χ4n) is 8.04. The first-order valence-corrected chi connectivity index (χ1v) is 19.9. The number of carboxylic acid groups (broad SMARTS) is 2. The highest BCUT2D eigenvalue weighted by Crippen LogP contribution is 2.40. The highest BCUT2D eigenvalue weighted by molar-refractivity contribution is 7.13. The Balaban J connectivity index is 0.000000165. The molecule has 3 fully saturated rings. The van der Waals surface area contributed by atoms with Crippen LogP contribution in [0.1, 0.15) is 114 Å². The number of hydrogen-bond donors (Lipinski definition) is 3. The number of hydrogen-bond acceptors (Lipinski definition) is 9. The number of fused-ring (bicyclic) bond motifs is 3. The van der Waals surface area contributed by atoms with Crippen molar-refractivity contribution in [3.05, 3.63) is 63.8 Å². The standard InChI is InChI=1S/C20H27NO4.C18H21N5S.C2H4O2/c1-3-16(20(22)23)17-10-14(12-21-17)13-8-9-18(24-2)19(11-13)25-15-6-4-5-7-15;1-2-14-13-9-10-22-17(15-8-5-11-24-15)19-20-18(22)16(13)23(21-14)12-6-3-4-7-12;1-2(3)4/h8-9,11,14-15,21H,3-7,10,12H2,1-2H3,(H,22,23);5,8,11-12H,2-4,6-7,9-10H2,1H3;1H3,(H,3,4)/t14-;;/m1../s1. The van der Waals surface area contributed by atoms with Gasteiger partial charge in [-0.3, -0.25) is 9.48 Å². The largest absolute Gasteiger partial charge is 0.493 e. The number of aliphatic carboxylic acids is 2. The molecule has 1 saturated heterocycles. The maximum atomic E-state index is 11.4. The van der Waals surface area contributed by atoms with Gasteiger partial charge in [-0.2, -0.15) is 5.10 Å². The van der Waals surface area contributed by atoms with Crippen LogP contribution in [0.15, 0.2) is 47.0 Å². The van der Waals surface area contributed by atoms with Crippen LogP contribution in [0.4, 0.5) is 0 Å². The molecular weight excluding hydrogens is 693 g/mol. The number of carboxylic acids is 2. The third kappa shape index (κ3) is 8.61. The zero-order chi connectivity index (χ0) is 37.5. The lowest BCUT2D eigenvalue weighted by molar-refractivity contribution is -0.134. The Bertz CT molecular complexity index is 1900. The molecule has 3 N–H and O–H groups in total. The lowest BCUT2D eigenvalue weighted by Crippen LogP contribution is -2.16. The molecule has 12 nitrogen and oxygen atoms in total. The van der Waals surface area contributed by atoms with E-state index in [1.807, 2.05) is 13.0 Å². The van der Waals surface area contributed by atoms with E-state index in [9.17, 15) is 9.90 Å². The second-order valence-electron chi connectivity index (χ2n) is 14.1. The number of rotatable bonds is 9. The third-order valence-corrected chi connectivity index (χ3v) is 11.5. The van der Waals surface area contributed by atoms with Crippen LogP contribution in [0.2, 0.25) is 0 Å². The molecule has 3 aromatic heterocycles.